The van der Waals surface area contributed by atoms with Gasteiger partial charge in [-0.2, -0.15) is 0 Å². The fourth-order valence-corrected chi connectivity index (χ4v) is 2.42. The molecule has 120 valence electrons. The number of likely N-dealkylation sites (N-methyl/N-ethyl adjacent to an activating group) is 1. The molecular weight excluding hydrogens is 337 g/mol. The zero-order valence-electron chi connectivity index (χ0n) is 12.7. The molecule has 4 nitrogen and oxygen atoms in total. The lowest BCUT2D eigenvalue weighted by atomic mass is 10.2. The van der Waals surface area contributed by atoms with Crippen molar-refractivity contribution < 1.29 is 14.3 Å². The molecule has 0 radical (unpaired) electrons. The molecule has 0 aliphatic heterocycles. The number of nitrogens with zero attached hydrogens (tertiary/aromatic N) is 1. The van der Waals surface area contributed by atoms with Gasteiger partial charge in [-0.05, 0) is 42.8 Å². The van der Waals surface area contributed by atoms with Crippen LogP contribution in [-0.4, -0.2) is 25.5 Å². The number of hydrogen-bond acceptors (Lipinski definition) is 3. The molecule has 0 fully saturated rings. The highest BCUT2D eigenvalue weighted by atomic mass is 35.5. The van der Waals surface area contributed by atoms with E-state index in [9.17, 15) is 9.59 Å². The zero-order valence-corrected chi connectivity index (χ0v) is 14.2. The van der Waals surface area contributed by atoms with Crippen LogP contribution in [0.15, 0.2) is 42.5 Å². The third-order valence-electron chi connectivity index (χ3n) is 3.24. The van der Waals surface area contributed by atoms with E-state index in [1.165, 1.54) is 23.1 Å². The smallest absolute Gasteiger partial charge is 0.340 e. The summed E-state index contributed by atoms with van der Waals surface area (Å²) in [4.78, 5) is 25.5. The van der Waals surface area contributed by atoms with Crippen molar-refractivity contribution in [3.8, 4) is 0 Å². The molecule has 0 saturated carbocycles. The van der Waals surface area contributed by atoms with E-state index in [1.54, 1.807) is 7.05 Å². The molecule has 0 N–H and O–H groups in total. The zero-order chi connectivity index (χ0) is 17.0. The van der Waals surface area contributed by atoms with Crippen molar-refractivity contribution in [3.05, 3.63) is 63.6 Å². The quantitative estimate of drug-likeness (QED) is 0.778. The highest BCUT2D eigenvalue weighted by Crippen LogP contribution is 2.21. The lowest BCUT2D eigenvalue weighted by Crippen LogP contribution is -2.31. The molecule has 0 bridgehead atoms. The topological polar surface area (TPSA) is 46.6 Å². The number of amides is 1. The summed E-state index contributed by atoms with van der Waals surface area (Å²) in [6, 6.07) is 11.9. The standard InChI is InChI=1S/C17H15Cl2NO3/c1-11-4-3-5-13(8-11)20(2)16(21)10-23-17(22)14-7-6-12(18)9-15(14)19/h3-9H,10H2,1-2H3. The van der Waals surface area contributed by atoms with Gasteiger partial charge in [-0.15, -0.1) is 0 Å². The summed E-state index contributed by atoms with van der Waals surface area (Å²) in [7, 11) is 1.63. The van der Waals surface area contributed by atoms with Crippen LogP contribution in [0.2, 0.25) is 10.0 Å². The van der Waals surface area contributed by atoms with Gasteiger partial charge >= 0.3 is 5.97 Å². The molecule has 0 aliphatic carbocycles. The lowest BCUT2D eigenvalue weighted by Gasteiger charge is -2.17. The van der Waals surface area contributed by atoms with Crippen molar-refractivity contribution in [2.75, 3.05) is 18.6 Å². The van der Waals surface area contributed by atoms with Crippen molar-refractivity contribution >= 4 is 40.8 Å². The third kappa shape index (κ3) is 4.47. The fourth-order valence-electron chi connectivity index (χ4n) is 1.94. The van der Waals surface area contributed by atoms with Gasteiger partial charge in [0.25, 0.3) is 5.91 Å². The summed E-state index contributed by atoms with van der Waals surface area (Å²) >= 11 is 11.7. The molecule has 0 heterocycles. The first-order valence-electron chi connectivity index (χ1n) is 6.84. The second-order valence-electron chi connectivity index (χ2n) is 4.99. The predicted octanol–water partition coefficient (Wildman–Crippen LogP) is 4.12. The van der Waals surface area contributed by atoms with Gasteiger partial charge in [-0.3, -0.25) is 4.79 Å². The number of anilines is 1. The van der Waals surface area contributed by atoms with Gasteiger partial charge in [0.15, 0.2) is 6.61 Å². The Hall–Kier alpha value is -2.04. The lowest BCUT2D eigenvalue weighted by molar-refractivity contribution is -0.121. The maximum Gasteiger partial charge on any atom is 0.340 e. The summed E-state index contributed by atoms with van der Waals surface area (Å²) in [6.45, 7) is 1.56. The average Bonchev–Trinajstić information content (AvgIpc) is 2.51. The Kier molecular flexibility index (Phi) is 5.64. The number of carbonyl (C=O) groups is 2. The monoisotopic (exact) mass is 351 g/mol. The molecule has 0 atom stereocenters. The Morgan fingerprint density at radius 2 is 1.87 bits per heavy atom. The molecule has 6 heteroatoms. The van der Waals surface area contributed by atoms with Crippen LogP contribution in [0.3, 0.4) is 0 Å². The van der Waals surface area contributed by atoms with Crippen LogP contribution < -0.4 is 4.90 Å². The van der Waals surface area contributed by atoms with Crippen molar-refractivity contribution in [1.82, 2.24) is 0 Å². The van der Waals surface area contributed by atoms with Crippen molar-refractivity contribution in [3.63, 3.8) is 0 Å². The van der Waals surface area contributed by atoms with Crippen LogP contribution >= 0.6 is 23.2 Å². The minimum Gasteiger partial charge on any atom is -0.452 e. The van der Waals surface area contributed by atoms with E-state index in [-0.39, 0.29) is 23.1 Å². The minimum atomic E-state index is -0.669. The number of ether oxygens (including phenoxy) is 1. The molecule has 0 aromatic heterocycles. The highest BCUT2D eigenvalue weighted by Gasteiger charge is 2.17. The third-order valence-corrected chi connectivity index (χ3v) is 3.79. The Morgan fingerprint density at radius 1 is 1.13 bits per heavy atom. The van der Waals surface area contributed by atoms with Gasteiger partial charge < -0.3 is 9.64 Å². The molecule has 0 aliphatic rings. The predicted molar refractivity (Wildman–Crippen MR) is 91.3 cm³/mol. The first-order valence-corrected chi connectivity index (χ1v) is 7.59. The number of benzene rings is 2. The van der Waals surface area contributed by atoms with E-state index >= 15 is 0 Å². The van der Waals surface area contributed by atoms with Crippen molar-refractivity contribution in [1.29, 1.82) is 0 Å². The summed E-state index contributed by atoms with van der Waals surface area (Å²) in [6.07, 6.45) is 0. The van der Waals surface area contributed by atoms with Gasteiger partial charge in [0.05, 0.1) is 10.6 Å². The van der Waals surface area contributed by atoms with Gasteiger partial charge in [0, 0.05) is 17.8 Å². The summed E-state index contributed by atoms with van der Waals surface area (Å²) in [5, 5.41) is 0.601. The summed E-state index contributed by atoms with van der Waals surface area (Å²) in [5.41, 5.74) is 1.93. The van der Waals surface area contributed by atoms with E-state index in [2.05, 4.69) is 0 Å². The Bertz CT molecular complexity index is 746. The Balaban J connectivity index is 1.99. The number of rotatable bonds is 4. The van der Waals surface area contributed by atoms with E-state index in [0.717, 1.165) is 11.3 Å². The van der Waals surface area contributed by atoms with Crippen LogP contribution in [-0.2, 0) is 9.53 Å². The molecule has 2 aromatic rings. The van der Waals surface area contributed by atoms with E-state index < -0.39 is 5.97 Å². The largest absolute Gasteiger partial charge is 0.452 e. The number of hydrogen-bond donors (Lipinski definition) is 0. The Morgan fingerprint density at radius 3 is 2.52 bits per heavy atom. The Labute approximate surface area is 144 Å². The number of halogens is 2. The SMILES string of the molecule is Cc1cccc(N(C)C(=O)COC(=O)c2ccc(Cl)cc2Cl)c1. The number of carbonyl (C=O) groups excluding carboxylic acids is 2. The van der Waals surface area contributed by atoms with E-state index in [1.807, 2.05) is 31.2 Å². The summed E-state index contributed by atoms with van der Waals surface area (Å²) < 4.78 is 5.03. The first kappa shape index (κ1) is 17.3. The van der Waals surface area contributed by atoms with Gasteiger partial charge in [0.2, 0.25) is 0 Å². The molecule has 0 spiro atoms. The minimum absolute atomic E-state index is 0.169. The van der Waals surface area contributed by atoms with Crippen LogP contribution in [0.4, 0.5) is 5.69 Å². The molecule has 2 rings (SSSR count). The average molecular weight is 352 g/mol. The molecule has 0 unspecified atom stereocenters. The normalized spacial score (nSPS) is 10.3. The summed E-state index contributed by atoms with van der Waals surface area (Å²) in [5.74, 6) is -1.01. The molecule has 23 heavy (non-hydrogen) atoms. The van der Waals surface area contributed by atoms with Crippen molar-refractivity contribution in [2.45, 2.75) is 6.92 Å². The highest BCUT2D eigenvalue weighted by molar-refractivity contribution is 6.36. The van der Waals surface area contributed by atoms with E-state index in [0.29, 0.717) is 5.02 Å². The first-order chi connectivity index (χ1) is 10.9. The molecular formula is C17H15Cl2NO3. The van der Waals surface area contributed by atoms with Crippen LogP contribution in [0.25, 0.3) is 0 Å². The van der Waals surface area contributed by atoms with E-state index in [4.69, 9.17) is 27.9 Å². The number of aryl methyl sites for hydroxylation is 1. The van der Waals surface area contributed by atoms with Crippen LogP contribution in [0.1, 0.15) is 15.9 Å². The van der Waals surface area contributed by atoms with Crippen molar-refractivity contribution in [2.24, 2.45) is 0 Å². The maximum absolute atomic E-state index is 12.1. The van der Waals surface area contributed by atoms with Crippen LogP contribution in [0, 0.1) is 6.92 Å². The van der Waals surface area contributed by atoms with Crippen LogP contribution in [0.5, 0.6) is 0 Å². The van der Waals surface area contributed by atoms with Gasteiger partial charge in [-0.1, -0.05) is 35.3 Å². The molecule has 2 aromatic carbocycles. The number of esters is 1. The molecule has 0 saturated heterocycles. The van der Waals surface area contributed by atoms with Gasteiger partial charge in [0.1, 0.15) is 0 Å². The van der Waals surface area contributed by atoms with Gasteiger partial charge in [-0.25, -0.2) is 4.79 Å². The maximum atomic E-state index is 12.1. The second kappa shape index (κ2) is 7.49. The molecule has 1 amide bonds. The second-order valence-corrected chi connectivity index (χ2v) is 5.84. The fraction of sp³-hybridized carbons (Fsp3) is 0.176.